The highest BCUT2D eigenvalue weighted by Crippen LogP contribution is 2.19. The minimum atomic E-state index is -0.877. The third-order valence-electron chi connectivity index (χ3n) is 1.49. The van der Waals surface area contributed by atoms with Crippen LogP contribution in [0.25, 0.3) is 0 Å². The average molecular weight is 211 g/mol. The summed E-state index contributed by atoms with van der Waals surface area (Å²) in [7, 11) is 0. The molecule has 1 aromatic rings. The molecule has 0 spiro atoms. The Balaban J connectivity index is 2.73. The summed E-state index contributed by atoms with van der Waals surface area (Å²) in [6, 6.07) is 5.31. The van der Waals surface area contributed by atoms with E-state index in [1.54, 1.807) is 6.92 Å². The lowest BCUT2D eigenvalue weighted by atomic mass is 10.3. The van der Waals surface area contributed by atoms with Gasteiger partial charge in [-0.3, -0.25) is 10.1 Å². The standard InChI is InChI=1S/C9H9NO5/c1-2-14-9(11)15-8-5-3-4-7(6-8)10(12)13/h3-6H,2H2,1H3. The molecule has 80 valence electrons. The van der Waals surface area contributed by atoms with Crippen molar-refractivity contribution in [3.63, 3.8) is 0 Å². The summed E-state index contributed by atoms with van der Waals surface area (Å²) in [5, 5.41) is 10.4. The zero-order valence-electron chi connectivity index (χ0n) is 8.00. The van der Waals surface area contributed by atoms with Crippen molar-refractivity contribution in [3.05, 3.63) is 34.4 Å². The maximum atomic E-state index is 10.9. The van der Waals surface area contributed by atoms with E-state index in [0.717, 1.165) is 6.07 Å². The number of ether oxygens (including phenoxy) is 2. The maximum absolute atomic E-state index is 10.9. The van der Waals surface area contributed by atoms with Gasteiger partial charge in [0.15, 0.2) is 0 Å². The van der Waals surface area contributed by atoms with Crippen molar-refractivity contribution in [2.24, 2.45) is 0 Å². The molecule has 0 fully saturated rings. The van der Waals surface area contributed by atoms with Gasteiger partial charge < -0.3 is 9.47 Å². The summed E-state index contributed by atoms with van der Waals surface area (Å²) >= 11 is 0. The zero-order chi connectivity index (χ0) is 11.3. The van der Waals surface area contributed by atoms with Crippen molar-refractivity contribution in [1.29, 1.82) is 0 Å². The number of rotatable bonds is 3. The van der Waals surface area contributed by atoms with Crippen molar-refractivity contribution in [3.8, 4) is 5.75 Å². The highest BCUT2D eigenvalue weighted by atomic mass is 16.7. The van der Waals surface area contributed by atoms with Crippen molar-refractivity contribution in [2.45, 2.75) is 6.92 Å². The first-order chi connectivity index (χ1) is 7.13. The first kappa shape index (κ1) is 11.0. The summed E-state index contributed by atoms with van der Waals surface area (Å²) in [4.78, 5) is 20.7. The second-order valence-electron chi connectivity index (χ2n) is 2.54. The lowest BCUT2D eigenvalue weighted by molar-refractivity contribution is -0.384. The predicted octanol–water partition coefficient (Wildman–Crippen LogP) is 2.13. The molecule has 6 heteroatoms. The number of hydrogen-bond acceptors (Lipinski definition) is 5. The number of non-ortho nitro benzene ring substituents is 1. The van der Waals surface area contributed by atoms with E-state index in [1.807, 2.05) is 0 Å². The fourth-order valence-electron chi connectivity index (χ4n) is 0.904. The van der Waals surface area contributed by atoms with Crippen molar-refractivity contribution >= 4 is 11.8 Å². The number of carbonyl (C=O) groups is 1. The largest absolute Gasteiger partial charge is 0.513 e. The molecule has 15 heavy (non-hydrogen) atoms. The lowest BCUT2D eigenvalue weighted by Gasteiger charge is -2.02. The molecule has 0 N–H and O–H groups in total. The number of benzene rings is 1. The van der Waals surface area contributed by atoms with Crippen LogP contribution in [0.2, 0.25) is 0 Å². The topological polar surface area (TPSA) is 78.7 Å². The van der Waals surface area contributed by atoms with E-state index >= 15 is 0 Å². The molecule has 0 aromatic heterocycles. The Morgan fingerprint density at radius 3 is 2.87 bits per heavy atom. The molecule has 0 aliphatic rings. The van der Waals surface area contributed by atoms with Gasteiger partial charge in [-0.25, -0.2) is 4.79 Å². The molecule has 6 nitrogen and oxygen atoms in total. The van der Waals surface area contributed by atoms with Gasteiger partial charge in [0.2, 0.25) is 0 Å². The second kappa shape index (κ2) is 4.94. The normalized spacial score (nSPS) is 9.40. The molecule has 1 rings (SSSR count). The van der Waals surface area contributed by atoms with Crippen LogP contribution in [0.15, 0.2) is 24.3 Å². The Morgan fingerprint density at radius 2 is 2.27 bits per heavy atom. The third-order valence-corrected chi connectivity index (χ3v) is 1.49. The number of nitro benzene ring substituents is 1. The molecule has 0 aliphatic heterocycles. The molecular formula is C9H9NO5. The third kappa shape index (κ3) is 3.26. The van der Waals surface area contributed by atoms with Crippen LogP contribution in [0.4, 0.5) is 10.5 Å². The predicted molar refractivity (Wildman–Crippen MR) is 50.7 cm³/mol. The molecule has 0 radical (unpaired) electrons. The van der Waals surface area contributed by atoms with Crippen LogP contribution >= 0.6 is 0 Å². The number of nitrogens with zero attached hydrogens (tertiary/aromatic N) is 1. The van der Waals surface area contributed by atoms with Crippen LogP contribution < -0.4 is 4.74 Å². The van der Waals surface area contributed by atoms with Crippen molar-refractivity contribution in [2.75, 3.05) is 6.61 Å². The summed E-state index contributed by atoms with van der Waals surface area (Å²) in [6.07, 6.45) is -0.877. The summed E-state index contributed by atoms with van der Waals surface area (Å²) < 4.78 is 9.20. The molecule has 1 aromatic carbocycles. The van der Waals surface area contributed by atoms with Crippen molar-refractivity contribution in [1.82, 2.24) is 0 Å². The van der Waals surface area contributed by atoms with Crippen LogP contribution in [-0.4, -0.2) is 17.7 Å². The SMILES string of the molecule is CCOC(=O)Oc1cccc([N+](=O)[O-])c1. The summed E-state index contributed by atoms with van der Waals surface area (Å²) in [5.41, 5.74) is -0.142. The first-order valence-electron chi connectivity index (χ1n) is 4.22. The molecule has 0 bridgehead atoms. The van der Waals surface area contributed by atoms with E-state index in [0.29, 0.717) is 0 Å². The van der Waals surface area contributed by atoms with E-state index < -0.39 is 11.1 Å². The summed E-state index contributed by atoms with van der Waals surface area (Å²) in [5.74, 6) is 0.0858. The molecule has 0 unspecified atom stereocenters. The molecule has 0 heterocycles. The fraction of sp³-hybridized carbons (Fsp3) is 0.222. The smallest absolute Gasteiger partial charge is 0.434 e. The van der Waals surface area contributed by atoms with Gasteiger partial charge in [-0.2, -0.15) is 0 Å². The van der Waals surface area contributed by atoms with Crippen LogP contribution in [0.3, 0.4) is 0 Å². The number of hydrogen-bond donors (Lipinski definition) is 0. The van der Waals surface area contributed by atoms with Gasteiger partial charge in [0.1, 0.15) is 5.75 Å². The monoisotopic (exact) mass is 211 g/mol. The highest BCUT2D eigenvalue weighted by molar-refractivity contribution is 5.64. The highest BCUT2D eigenvalue weighted by Gasteiger charge is 2.09. The van der Waals surface area contributed by atoms with Gasteiger partial charge in [0.25, 0.3) is 5.69 Å². The number of carbonyl (C=O) groups excluding carboxylic acids is 1. The Kier molecular flexibility index (Phi) is 3.61. The van der Waals surface area contributed by atoms with Crippen LogP contribution in [0.1, 0.15) is 6.92 Å². The number of nitro groups is 1. The van der Waals surface area contributed by atoms with E-state index in [9.17, 15) is 14.9 Å². The van der Waals surface area contributed by atoms with Gasteiger partial charge in [-0.1, -0.05) is 6.07 Å². The van der Waals surface area contributed by atoms with E-state index in [1.165, 1.54) is 18.2 Å². The quantitative estimate of drug-likeness (QED) is 0.331. The molecule has 0 aliphatic carbocycles. The van der Waals surface area contributed by atoms with Crippen LogP contribution in [0.5, 0.6) is 5.75 Å². The Labute approximate surface area is 85.6 Å². The van der Waals surface area contributed by atoms with Gasteiger partial charge in [0, 0.05) is 6.07 Å². The van der Waals surface area contributed by atoms with Crippen LogP contribution in [-0.2, 0) is 4.74 Å². The molecule has 0 amide bonds. The zero-order valence-corrected chi connectivity index (χ0v) is 8.00. The van der Waals surface area contributed by atoms with Gasteiger partial charge in [-0.15, -0.1) is 0 Å². The molecular weight excluding hydrogens is 202 g/mol. The molecule has 0 saturated heterocycles. The van der Waals surface area contributed by atoms with Crippen molar-refractivity contribution < 1.29 is 19.2 Å². The van der Waals surface area contributed by atoms with E-state index in [-0.39, 0.29) is 18.0 Å². The Hall–Kier alpha value is -2.11. The molecule has 0 saturated carbocycles. The molecule has 0 atom stereocenters. The minimum absolute atomic E-state index is 0.0858. The second-order valence-corrected chi connectivity index (χ2v) is 2.54. The minimum Gasteiger partial charge on any atom is -0.434 e. The van der Waals surface area contributed by atoms with Crippen LogP contribution in [0, 0.1) is 10.1 Å². The Bertz CT molecular complexity index is 377. The van der Waals surface area contributed by atoms with Gasteiger partial charge >= 0.3 is 6.16 Å². The lowest BCUT2D eigenvalue weighted by Crippen LogP contribution is -2.10. The van der Waals surface area contributed by atoms with E-state index in [2.05, 4.69) is 9.47 Å². The first-order valence-corrected chi connectivity index (χ1v) is 4.22. The fourth-order valence-corrected chi connectivity index (χ4v) is 0.904. The average Bonchev–Trinajstić information content (AvgIpc) is 2.18. The maximum Gasteiger partial charge on any atom is 0.513 e. The van der Waals surface area contributed by atoms with E-state index in [4.69, 9.17) is 0 Å². The summed E-state index contributed by atoms with van der Waals surface area (Å²) in [6.45, 7) is 1.82. The van der Waals surface area contributed by atoms with Gasteiger partial charge in [-0.05, 0) is 13.0 Å². The van der Waals surface area contributed by atoms with Gasteiger partial charge in [0.05, 0.1) is 17.6 Å². The Morgan fingerprint density at radius 1 is 1.53 bits per heavy atom.